The van der Waals surface area contributed by atoms with Crippen molar-refractivity contribution in [2.45, 2.75) is 37.3 Å². The fourth-order valence-corrected chi connectivity index (χ4v) is 6.32. The standard InChI is InChI=1S/C27H29FN4O5S/c1-16(27(2,3)29-26(34)35)38(36,37)15-17-6-11-20-21(12-17)22-14-31(4)24(33)13-23(22)32(5)30-25(20)18-7-9-19(28)10-8-18/h6-14,16,29H,15H2,1-5H3,(H,34,35). The predicted molar refractivity (Wildman–Crippen MR) is 145 cm³/mol. The number of carbonyl (C=O) groups is 1. The summed E-state index contributed by atoms with van der Waals surface area (Å²) in [4.78, 5) is 23.7. The maximum atomic E-state index is 13.7. The van der Waals surface area contributed by atoms with Crippen LogP contribution in [0, 0.1) is 5.82 Å². The Morgan fingerprint density at radius 1 is 1.08 bits per heavy atom. The molecule has 2 aromatic carbocycles. The van der Waals surface area contributed by atoms with Crippen molar-refractivity contribution in [2.24, 2.45) is 12.1 Å². The van der Waals surface area contributed by atoms with E-state index in [9.17, 15) is 22.4 Å². The van der Waals surface area contributed by atoms with Crippen LogP contribution >= 0.6 is 0 Å². The number of nitrogens with one attached hydrogen (secondary N) is 1. The number of halogens is 1. The molecule has 1 aromatic heterocycles. The Morgan fingerprint density at radius 2 is 1.74 bits per heavy atom. The number of carboxylic acid groups (broad SMARTS) is 1. The first-order valence-corrected chi connectivity index (χ1v) is 13.6. The molecule has 2 heterocycles. The Kier molecular flexibility index (Phi) is 6.92. The van der Waals surface area contributed by atoms with Gasteiger partial charge in [-0.2, -0.15) is 5.10 Å². The number of pyridine rings is 1. The zero-order chi connectivity index (χ0) is 28.0. The molecule has 11 heteroatoms. The molecular formula is C27H29FN4O5S. The third-order valence-electron chi connectivity index (χ3n) is 6.90. The van der Waals surface area contributed by atoms with Gasteiger partial charge in [-0.15, -0.1) is 0 Å². The highest BCUT2D eigenvalue weighted by Crippen LogP contribution is 2.37. The van der Waals surface area contributed by atoms with Gasteiger partial charge in [0.2, 0.25) is 0 Å². The number of fused-ring (bicyclic) bond motifs is 3. The van der Waals surface area contributed by atoms with Crippen molar-refractivity contribution in [3.05, 3.63) is 87.6 Å². The van der Waals surface area contributed by atoms with Crippen molar-refractivity contribution >= 4 is 27.3 Å². The number of anilines is 1. The minimum Gasteiger partial charge on any atom is -0.465 e. The van der Waals surface area contributed by atoms with Crippen LogP contribution in [-0.4, -0.2) is 47.7 Å². The van der Waals surface area contributed by atoms with Crippen LogP contribution in [0.1, 0.15) is 37.5 Å². The number of hydrazone groups is 1. The van der Waals surface area contributed by atoms with Gasteiger partial charge in [-0.25, -0.2) is 17.6 Å². The number of rotatable bonds is 6. The number of hydrogen-bond acceptors (Lipinski definition) is 6. The minimum absolute atomic E-state index is 0.238. The van der Waals surface area contributed by atoms with Crippen LogP contribution in [0.5, 0.6) is 0 Å². The van der Waals surface area contributed by atoms with Crippen LogP contribution in [0.25, 0.3) is 11.1 Å². The summed E-state index contributed by atoms with van der Waals surface area (Å²) in [5, 5.41) is 16.7. The van der Waals surface area contributed by atoms with Gasteiger partial charge in [0.25, 0.3) is 5.56 Å². The summed E-state index contributed by atoms with van der Waals surface area (Å²) in [5.41, 5.74) is 2.76. The van der Waals surface area contributed by atoms with Crippen molar-refractivity contribution in [3.63, 3.8) is 0 Å². The van der Waals surface area contributed by atoms with Gasteiger partial charge in [-0.05, 0) is 62.2 Å². The number of benzene rings is 2. The second kappa shape index (κ2) is 9.71. The molecule has 0 saturated heterocycles. The maximum Gasteiger partial charge on any atom is 0.405 e. The minimum atomic E-state index is -3.79. The Balaban J connectivity index is 1.86. The lowest BCUT2D eigenvalue weighted by atomic mass is 9.92. The van der Waals surface area contributed by atoms with E-state index in [1.807, 2.05) is 0 Å². The monoisotopic (exact) mass is 540 g/mol. The lowest BCUT2D eigenvalue weighted by Crippen LogP contribution is -2.53. The Hall–Kier alpha value is -3.99. The number of sulfone groups is 1. The Morgan fingerprint density at radius 3 is 2.37 bits per heavy atom. The normalized spacial score (nSPS) is 14.2. The van der Waals surface area contributed by atoms with Crippen molar-refractivity contribution in [3.8, 4) is 11.1 Å². The van der Waals surface area contributed by atoms with Crippen molar-refractivity contribution in [2.75, 3.05) is 12.1 Å². The summed E-state index contributed by atoms with van der Waals surface area (Å²) in [6.45, 7) is 4.53. The fraction of sp³-hybridized carbons (Fsp3) is 0.296. The first-order valence-electron chi connectivity index (χ1n) is 11.8. The number of hydrogen-bond donors (Lipinski definition) is 2. The van der Waals surface area contributed by atoms with Crippen molar-refractivity contribution < 1.29 is 22.7 Å². The molecule has 1 unspecified atom stereocenters. The summed E-state index contributed by atoms with van der Waals surface area (Å²) in [7, 11) is -0.455. The van der Waals surface area contributed by atoms with Crippen LogP contribution in [0.15, 0.2) is 64.6 Å². The van der Waals surface area contributed by atoms with E-state index in [0.29, 0.717) is 39.2 Å². The Bertz CT molecular complexity index is 1610. The zero-order valence-corrected chi connectivity index (χ0v) is 22.5. The van der Waals surface area contributed by atoms with E-state index in [4.69, 9.17) is 10.2 Å². The highest BCUT2D eigenvalue weighted by molar-refractivity contribution is 7.91. The highest BCUT2D eigenvalue weighted by Gasteiger charge is 2.37. The second-order valence-corrected chi connectivity index (χ2v) is 12.3. The molecule has 1 atom stereocenters. The lowest BCUT2D eigenvalue weighted by molar-refractivity contribution is 0.182. The molecule has 0 bridgehead atoms. The van der Waals surface area contributed by atoms with Gasteiger partial charge < -0.3 is 15.0 Å². The summed E-state index contributed by atoms with van der Waals surface area (Å²) >= 11 is 0. The molecule has 9 nitrogen and oxygen atoms in total. The summed E-state index contributed by atoms with van der Waals surface area (Å²) in [6.07, 6.45) is 0.373. The predicted octanol–water partition coefficient (Wildman–Crippen LogP) is 3.74. The van der Waals surface area contributed by atoms with E-state index in [2.05, 4.69) is 5.32 Å². The molecule has 0 spiro atoms. The molecule has 4 rings (SSSR count). The van der Waals surface area contributed by atoms with Gasteiger partial charge in [-0.1, -0.05) is 12.1 Å². The largest absolute Gasteiger partial charge is 0.465 e. The SMILES string of the molecule is CC(C(C)(C)NC(=O)O)S(=O)(=O)Cc1ccc2c(c1)-c1cn(C)c(=O)cc1N(C)N=C2c1ccc(F)cc1. The quantitative estimate of drug-likeness (QED) is 0.491. The third kappa shape index (κ3) is 5.19. The van der Waals surface area contributed by atoms with Gasteiger partial charge in [0.1, 0.15) is 5.82 Å². The highest BCUT2D eigenvalue weighted by atomic mass is 32.2. The van der Waals surface area contributed by atoms with E-state index >= 15 is 0 Å². The second-order valence-electron chi connectivity index (χ2n) is 9.98. The number of aromatic nitrogens is 1. The van der Waals surface area contributed by atoms with E-state index in [0.717, 1.165) is 0 Å². The molecule has 3 aromatic rings. The number of nitrogens with zero attached hydrogens (tertiary/aromatic N) is 3. The average Bonchev–Trinajstić information content (AvgIpc) is 2.93. The molecule has 2 N–H and O–H groups in total. The van der Waals surface area contributed by atoms with Crippen molar-refractivity contribution in [1.29, 1.82) is 0 Å². The van der Waals surface area contributed by atoms with Crippen LogP contribution < -0.4 is 15.9 Å². The van der Waals surface area contributed by atoms with Crippen LogP contribution in [0.4, 0.5) is 14.9 Å². The molecule has 200 valence electrons. The molecule has 1 aliphatic rings. The van der Waals surface area contributed by atoms with Crippen LogP contribution in [0.3, 0.4) is 0 Å². The molecule has 1 aliphatic heterocycles. The molecule has 0 fully saturated rings. The van der Waals surface area contributed by atoms with E-state index < -0.39 is 32.5 Å². The molecule has 0 saturated carbocycles. The van der Waals surface area contributed by atoms with Gasteiger partial charge in [0, 0.05) is 43.0 Å². The van der Waals surface area contributed by atoms with Crippen LogP contribution in [0.2, 0.25) is 0 Å². The summed E-state index contributed by atoms with van der Waals surface area (Å²) < 4.78 is 41.8. The van der Waals surface area contributed by atoms with E-state index in [1.165, 1.54) is 43.5 Å². The molecule has 38 heavy (non-hydrogen) atoms. The lowest BCUT2D eigenvalue weighted by Gasteiger charge is -2.31. The smallest absolute Gasteiger partial charge is 0.405 e. The molecule has 0 radical (unpaired) electrons. The third-order valence-corrected chi connectivity index (χ3v) is 9.31. The summed E-state index contributed by atoms with van der Waals surface area (Å²) in [6, 6.07) is 12.5. The van der Waals surface area contributed by atoms with Gasteiger partial charge in [0.15, 0.2) is 9.84 Å². The average molecular weight is 541 g/mol. The molecular weight excluding hydrogens is 511 g/mol. The number of aryl methyl sites for hydroxylation is 1. The van der Waals surface area contributed by atoms with Crippen LogP contribution in [-0.2, 0) is 22.6 Å². The topological polar surface area (TPSA) is 121 Å². The van der Waals surface area contributed by atoms with E-state index in [-0.39, 0.29) is 11.3 Å². The Labute approximate surface area is 220 Å². The van der Waals surface area contributed by atoms with Gasteiger partial charge in [0.05, 0.1) is 27.9 Å². The van der Waals surface area contributed by atoms with Crippen molar-refractivity contribution in [1.82, 2.24) is 9.88 Å². The van der Waals surface area contributed by atoms with E-state index in [1.54, 1.807) is 55.6 Å². The number of amides is 1. The summed E-state index contributed by atoms with van der Waals surface area (Å²) in [5.74, 6) is -0.718. The fourth-order valence-electron chi connectivity index (χ4n) is 4.47. The first kappa shape index (κ1) is 27.1. The first-order chi connectivity index (χ1) is 17.7. The maximum absolute atomic E-state index is 13.7. The zero-order valence-electron chi connectivity index (χ0n) is 21.7. The molecule has 1 amide bonds. The van der Waals surface area contributed by atoms with Gasteiger partial charge in [-0.3, -0.25) is 9.80 Å². The molecule has 0 aliphatic carbocycles. The van der Waals surface area contributed by atoms with Gasteiger partial charge >= 0.3 is 6.09 Å².